The summed E-state index contributed by atoms with van der Waals surface area (Å²) in [4.78, 5) is 23.3. The van der Waals surface area contributed by atoms with E-state index < -0.39 is 11.7 Å². The number of piperidine rings is 1. The molecular formula is C26H28ClF3N4O. The molecule has 2 aliphatic rings. The van der Waals surface area contributed by atoms with E-state index in [9.17, 15) is 18.0 Å². The van der Waals surface area contributed by atoms with Crippen molar-refractivity contribution in [2.75, 3.05) is 19.6 Å². The van der Waals surface area contributed by atoms with E-state index in [-0.39, 0.29) is 23.5 Å². The highest BCUT2D eigenvalue weighted by molar-refractivity contribution is 5.85. The Kier molecular flexibility index (Phi) is 7.06. The first-order valence-corrected chi connectivity index (χ1v) is 11.7. The summed E-state index contributed by atoms with van der Waals surface area (Å²) in [5.41, 5.74) is 2.53. The SMILES string of the molecule is Cc1ncccc1-c1ccn(CCCCN2C[C@@H]3C[C@]3(c3ccc(C(F)(F)F)cc3)C2)c(=O)n1.Cl. The number of benzene rings is 1. The molecule has 0 radical (unpaired) electrons. The van der Waals surface area contributed by atoms with Crippen LogP contribution >= 0.6 is 12.4 Å². The number of hydrogen-bond acceptors (Lipinski definition) is 4. The molecule has 1 saturated heterocycles. The van der Waals surface area contributed by atoms with E-state index >= 15 is 0 Å². The standard InChI is InChI=1S/C26H27F3N4O.ClH/c1-18-22(5-4-11-30-18)23-10-14-33(24(34)31-23)13-3-2-12-32-16-21-15-25(21,17-32)19-6-8-20(9-7-19)26(27,28)29;/h4-11,14,21H,2-3,12-13,15-17H2,1H3;1H/t21-,25+;/m0./s1. The molecule has 2 aromatic heterocycles. The average Bonchev–Trinajstić information content (AvgIpc) is 3.38. The van der Waals surface area contributed by atoms with Crippen molar-refractivity contribution >= 4 is 12.4 Å². The Morgan fingerprint density at radius 2 is 1.83 bits per heavy atom. The molecule has 0 spiro atoms. The largest absolute Gasteiger partial charge is 0.416 e. The first kappa shape index (κ1) is 25.4. The van der Waals surface area contributed by atoms with Gasteiger partial charge in [0, 0.05) is 48.7 Å². The monoisotopic (exact) mass is 504 g/mol. The predicted molar refractivity (Wildman–Crippen MR) is 131 cm³/mol. The summed E-state index contributed by atoms with van der Waals surface area (Å²) < 4.78 is 40.2. The molecule has 0 N–H and O–H groups in total. The van der Waals surface area contributed by atoms with Crippen LogP contribution < -0.4 is 5.69 Å². The zero-order valence-electron chi connectivity index (χ0n) is 19.5. The van der Waals surface area contributed by atoms with E-state index in [4.69, 9.17) is 0 Å². The fourth-order valence-corrected chi connectivity index (χ4v) is 5.32. The van der Waals surface area contributed by atoms with E-state index in [1.165, 1.54) is 12.1 Å². The van der Waals surface area contributed by atoms with Crippen molar-refractivity contribution in [2.24, 2.45) is 5.92 Å². The molecule has 2 fully saturated rings. The van der Waals surface area contributed by atoms with Gasteiger partial charge >= 0.3 is 11.9 Å². The number of aryl methyl sites for hydroxylation is 2. The lowest BCUT2D eigenvalue weighted by Gasteiger charge is -2.21. The number of aromatic nitrogens is 3. The quantitative estimate of drug-likeness (QED) is 0.420. The van der Waals surface area contributed by atoms with Gasteiger partial charge in [0.1, 0.15) is 0 Å². The Bertz CT molecular complexity index is 1240. The average molecular weight is 505 g/mol. The van der Waals surface area contributed by atoms with Gasteiger partial charge in [0.15, 0.2) is 0 Å². The minimum absolute atomic E-state index is 0. The van der Waals surface area contributed by atoms with Gasteiger partial charge in [-0.1, -0.05) is 12.1 Å². The van der Waals surface area contributed by atoms with Gasteiger partial charge in [-0.3, -0.25) is 9.55 Å². The lowest BCUT2D eigenvalue weighted by molar-refractivity contribution is -0.137. The van der Waals surface area contributed by atoms with E-state index in [0.717, 1.165) is 55.7 Å². The highest BCUT2D eigenvalue weighted by atomic mass is 35.5. The molecule has 35 heavy (non-hydrogen) atoms. The molecule has 1 aliphatic heterocycles. The molecule has 3 aromatic rings. The Hall–Kier alpha value is -2.71. The third kappa shape index (κ3) is 5.14. The van der Waals surface area contributed by atoms with E-state index in [1.807, 2.05) is 25.1 Å². The highest BCUT2D eigenvalue weighted by Gasteiger charge is 2.60. The van der Waals surface area contributed by atoms with Gasteiger partial charge in [0.05, 0.1) is 11.3 Å². The van der Waals surface area contributed by atoms with Crippen LogP contribution in [0.25, 0.3) is 11.3 Å². The first-order chi connectivity index (χ1) is 16.3. The van der Waals surface area contributed by atoms with Crippen LogP contribution in [0.2, 0.25) is 0 Å². The van der Waals surface area contributed by atoms with Crippen LogP contribution in [-0.2, 0) is 18.1 Å². The second kappa shape index (κ2) is 9.74. The molecule has 0 unspecified atom stereocenters. The highest BCUT2D eigenvalue weighted by Crippen LogP contribution is 2.59. The number of pyridine rings is 1. The minimum atomic E-state index is -4.30. The Balaban J connectivity index is 0.00000289. The van der Waals surface area contributed by atoms with Crippen molar-refractivity contribution in [3.63, 3.8) is 0 Å². The Labute approximate surface area is 208 Å². The van der Waals surface area contributed by atoms with Crippen LogP contribution in [-0.4, -0.2) is 39.1 Å². The summed E-state index contributed by atoms with van der Waals surface area (Å²) in [7, 11) is 0. The molecule has 5 rings (SSSR count). The van der Waals surface area contributed by atoms with Gasteiger partial charge in [0.2, 0.25) is 0 Å². The molecule has 3 heterocycles. The van der Waals surface area contributed by atoms with Crippen LogP contribution in [0.5, 0.6) is 0 Å². The molecule has 5 nitrogen and oxygen atoms in total. The summed E-state index contributed by atoms with van der Waals surface area (Å²) in [6, 6.07) is 11.3. The maximum absolute atomic E-state index is 12.9. The Morgan fingerprint density at radius 1 is 1.09 bits per heavy atom. The summed E-state index contributed by atoms with van der Waals surface area (Å²) in [5, 5.41) is 0. The van der Waals surface area contributed by atoms with Crippen LogP contribution in [0.1, 0.15) is 36.1 Å². The lowest BCUT2D eigenvalue weighted by atomic mass is 9.94. The number of alkyl halides is 3. The van der Waals surface area contributed by atoms with Crippen molar-refractivity contribution in [1.82, 2.24) is 19.4 Å². The minimum Gasteiger partial charge on any atom is -0.302 e. The van der Waals surface area contributed by atoms with Gasteiger partial charge in [-0.2, -0.15) is 18.2 Å². The number of nitrogens with zero attached hydrogens (tertiary/aromatic N) is 4. The van der Waals surface area contributed by atoms with Crippen LogP contribution in [0.4, 0.5) is 13.2 Å². The maximum atomic E-state index is 12.9. The smallest absolute Gasteiger partial charge is 0.302 e. The molecule has 1 saturated carbocycles. The number of likely N-dealkylation sites (tertiary alicyclic amines) is 1. The fourth-order valence-electron chi connectivity index (χ4n) is 5.32. The van der Waals surface area contributed by atoms with Crippen molar-refractivity contribution in [1.29, 1.82) is 0 Å². The van der Waals surface area contributed by atoms with Gasteiger partial charge in [-0.05, 0) is 74.5 Å². The number of fused-ring (bicyclic) bond motifs is 1. The Morgan fingerprint density at radius 3 is 2.51 bits per heavy atom. The third-order valence-electron chi connectivity index (χ3n) is 7.28. The zero-order valence-corrected chi connectivity index (χ0v) is 20.3. The van der Waals surface area contributed by atoms with E-state index in [2.05, 4.69) is 14.9 Å². The zero-order chi connectivity index (χ0) is 23.9. The summed E-state index contributed by atoms with van der Waals surface area (Å²) in [5.74, 6) is 0.527. The summed E-state index contributed by atoms with van der Waals surface area (Å²) in [6.45, 7) is 5.31. The predicted octanol–water partition coefficient (Wildman–Crippen LogP) is 5.11. The fraction of sp³-hybridized carbons (Fsp3) is 0.423. The van der Waals surface area contributed by atoms with Gasteiger partial charge in [-0.15, -0.1) is 12.4 Å². The molecule has 1 aliphatic carbocycles. The lowest BCUT2D eigenvalue weighted by Crippen LogP contribution is -2.28. The molecule has 0 bridgehead atoms. The number of halogens is 4. The van der Waals surface area contributed by atoms with E-state index in [0.29, 0.717) is 18.2 Å². The maximum Gasteiger partial charge on any atom is 0.416 e. The molecule has 1 aromatic carbocycles. The van der Waals surface area contributed by atoms with Crippen molar-refractivity contribution < 1.29 is 13.2 Å². The topological polar surface area (TPSA) is 51.0 Å². The summed E-state index contributed by atoms with van der Waals surface area (Å²) >= 11 is 0. The molecule has 9 heteroatoms. The molecule has 2 atom stereocenters. The van der Waals surface area contributed by atoms with Crippen molar-refractivity contribution in [3.05, 3.63) is 82.2 Å². The van der Waals surface area contributed by atoms with Gasteiger partial charge in [0.25, 0.3) is 0 Å². The molecular weight excluding hydrogens is 477 g/mol. The second-order valence-corrected chi connectivity index (χ2v) is 9.50. The first-order valence-electron chi connectivity index (χ1n) is 11.7. The van der Waals surface area contributed by atoms with Gasteiger partial charge < -0.3 is 4.90 Å². The van der Waals surface area contributed by atoms with E-state index in [1.54, 1.807) is 29.1 Å². The normalized spacial score (nSPS) is 21.4. The molecule has 0 amide bonds. The number of hydrogen-bond donors (Lipinski definition) is 0. The second-order valence-electron chi connectivity index (χ2n) is 9.50. The van der Waals surface area contributed by atoms with Crippen LogP contribution in [0.15, 0.2) is 59.7 Å². The third-order valence-corrected chi connectivity index (χ3v) is 7.28. The van der Waals surface area contributed by atoms with Crippen LogP contribution in [0, 0.1) is 12.8 Å². The molecule has 186 valence electrons. The van der Waals surface area contributed by atoms with Crippen LogP contribution in [0.3, 0.4) is 0 Å². The number of rotatable bonds is 7. The summed E-state index contributed by atoms with van der Waals surface area (Å²) in [6.07, 6.45) is 2.08. The van der Waals surface area contributed by atoms with Crippen molar-refractivity contribution in [2.45, 2.75) is 44.3 Å². The van der Waals surface area contributed by atoms with Crippen molar-refractivity contribution in [3.8, 4) is 11.3 Å². The van der Waals surface area contributed by atoms with Gasteiger partial charge in [-0.25, -0.2) is 4.79 Å². The number of unbranched alkanes of at least 4 members (excludes halogenated alkanes) is 1.